The molecule has 0 radical (unpaired) electrons. The molecule has 0 bridgehead atoms. The number of amides is 1. The van der Waals surface area contributed by atoms with Crippen molar-refractivity contribution in [3.05, 3.63) is 45.2 Å². The van der Waals surface area contributed by atoms with Crippen molar-refractivity contribution in [2.75, 3.05) is 26.4 Å². The minimum Gasteiger partial charge on any atom is -0.486 e. The number of hydrogen-bond acceptors (Lipinski definition) is 7. The molecule has 3 aromatic rings. The number of thiazole rings is 1. The van der Waals surface area contributed by atoms with Crippen molar-refractivity contribution >= 4 is 56.6 Å². The molecule has 0 N–H and O–H groups in total. The Morgan fingerprint density at radius 3 is 2.64 bits per heavy atom. The van der Waals surface area contributed by atoms with Gasteiger partial charge in [0.2, 0.25) is 0 Å². The number of aromatic nitrogens is 1. The molecule has 0 spiro atoms. The second-order valence-corrected chi connectivity index (χ2v) is 8.78. The van der Waals surface area contributed by atoms with Gasteiger partial charge in [-0.25, -0.2) is 0 Å². The number of benzene rings is 2. The number of esters is 1. The van der Waals surface area contributed by atoms with Crippen LogP contribution in [0.3, 0.4) is 0 Å². The average molecular weight is 511 g/mol. The van der Waals surface area contributed by atoms with E-state index in [1.165, 1.54) is 17.4 Å². The maximum Gasteiger partial charge on any atom is 0.307 e. The Morgan fingerprint density at radius 2 is 1.91 bits per heavy atom. The molecule has 0 atom stereocenters. The highest BCUT2D eigenvalue weighted by Crippen LogP contribution is 2.35. The summed E-state index contributed by atoms with van der Waals surface area (Å²) in [5.41, 5.74) is 0.779. The summed E-state index contributed by atoms with van der Waals surface area (Å²) in [6.07, 6.45) is 0.131. The first-order valence-corrected chi connectivity index (χ1v) is 11.8. The fraction of sp³-hybridized carbons (Fsp3) is 0.318. The first-order chi connectivity index (χ1) is 15.9. The third-order valence-corrected chi connectivity index (χ3v) is 6.23. The minimum absolute atomic E-state index is 0.131. The van der Waals surface area contributed by atoms with Gasteiger partial charge in [-0.3, -0.25) is 9.59 Å². The molecular formula is C22H20Cl2N2O6S. The smallest absolute Gasteiger partial charge is 0.307 e. The lowest BCUT2D eigenvalue weighted by atomic mass is 10.2. The quantitative estimate of drug-likeness (QED) is 0.441. The molecule has 2 aromatic carbocycles. The van der Waals surface area contributed by atoms with Crippen molar-refractivity contribution in [2.45, 2.75) is 19.9 Å². The van der Waals surface area contributed by atoms with E-state index in [0.717, 1.165) is 10.2 Å². The molecule has 0 fully saturated rings. The third-order valence-electron chi connectivity index (χ3n) is 4.66. The van der Waals surface area contributed by atoms with Crippen LogP contribution in [-0.2, 0) is 20.9 Å². The molecule has 0 unspecified atom stereocenters. The van der Waals surface area contributed by atoms with E-state index < -0.39 is 5.91 Å². The predicted octanol–water partition coefficient (Wildman–Crippen LogP) is 4.24. The molecule has 33 heavy (non-hydrogen) atoms. The molecule has 0 saturated carbocycles. The number of carbonyl (C=O) groups excluding carboxylic acids is 2. The summed E-state index contributed by atoms with van der Waals surface area (Å²) in [6, 6.07) is 8.41. The summed E-state index contributed by atoms with van der Waals surface area (Å²) in [5, 5.41) is 0.763. The van der Waals surface area contributed by atoms with Gasteiger partial charge >= 0.3 is 5.97 Å². The second kappa shape index (κ2) is 10.5. The molecule has 8 nitrogen and oxygen atoms in total. The number of rotatable bonds is 7. The maximum atomic E-state index is 12.6. The van der Waals surface area contributed by atoms with Gasteiger partial charge in [0, 0.05) is 23.7 Å². The van der Waals surface area contributed by atoms with Crippen molar-refractivity contribution in [1.29, 1.82) is 0 Å². The fourth-order valence-electron chi connectivity index (χ4n) is 3.21. The molecule has 1 amide bonds. The largest absolute Gasteiger partial charge is 0.486 e. The van der Waals surface area contributed by atoms with Crippen LogP contribution in [0.4, 0.5) is 0 Å². The normalized spacial score (nSPS) is 13.2. The summed E-state index contributed by atoms with van der Waals surface area (Å²) in [5.74, 6) is 0.730. The van der Waals surface area contributed by atoms with Crippen molar-refractivity contribution in [3.8, 4) is 17.2 Å². The number of ether oxygens (including phenoxy) is 4. The van der Waals surface area contributed by atoms with Crippen LogP contribution in [0, 0.1) is 0 Å². The van der Waals surface area contributed by atoms with Crippen LogP contribution in [0.15, 0.2) is 35.3 Å². The SMILES string of the molecule is CCOC(=O)CCn1c(=NC(=O)COc2ccc(Cl)cc2Cl)sc2cc3c(cc21)OCCO3. The average Bonchev–Trinajstić information content (AvgIpc) is 3.11. The van der Waals surface area contributed by atoms with E-state index in [-0.39, 0.29) is 25.5 Å². The lowest BCUT2D eigenvalue weighted by Gasteiger charge is -2.18. The number of carbonyl (C=O) groups is 2. The Kier molecular flexibility index (Phi) is 7.42. The fourth-order valence-corrected chi connectivity index (χ4v) is 4.76. The highest BCUT2D eigenvalue weighted by atomic mass is 35.5. The number of halogens is 2. The van der Waals surface area contributed by atoms with Crippen molar-refractivity contribution in [2.24, 2.45) is 4.99 Å². The van der Waals surface area contributed by atoms with Gasteiger partial charge in [0.05, 0.1) is 28.3 Å². The Bertz CT molecular complexity index is 1270. The van der Waals surface area contributed by atoms with Crippen LogP contribution >= 0.6 is 34.5 Å². The topological polar surface area (TPSA) is 88.4 Å². The van der Waals surface area contributed by atoms with Crippen LogP contribution in [-0.4, -0.2) is 42.9 Å². The van der Waals surface area contributed by atoms with Crippen LogP contribution in [0.1, 0.15) is 13.3 Å². The second-order valence-electron chi connectivity index (χ2n) is 6.92. The van der Waals surface area contributed by atoms with Gasteiger partial charge in [0.1, 0.15) is 19.0 Å². The highest BCUT2D eigenvalue weighted by Gasteiger charge is 2.18. The zero-order chi connectivity index (χ0) is 23.4. The molecule has 2 heterocycles. The summed E-state index contributed by atoms with van der Waals surface area (Å²) < 4.78 is 24.5. The highest BCUT2D eigenvalue weighted by molar-refractivity contribution is 7.16. The Hall–Kier alpha value is -2.75. The van der Waals surface area contributed by atoms with Crippen molar-refractivity contribution < 1.29 is 28.5 Å². The molecule has 0 saturated heterocycles. The van der Waals surface area contributed by atoms with Gasteiger partial charge in [-0.2, -0.15) is 4.99 Å². The van der Waals surface area contributed by atoms with Crippen LogP contribution < -0.4 is 19.0 Å². The summed E-state index contributed by atoms with van der Waals surface area (Å²) in [4.78, 5) is 29.2. The van der Waals surface area contributed by atoms with Gasteiger partial charge in [-0.05, 0) is 25.1 Å². The molecule has 1 aliphatic heterocycles. The first-order valence-electron chi connectivity index (χ1n) is 10.2. The van der Waals surface area contributed by atoms with Gasteiger partial charge in [0.15, 0.2) is 22.9 Å². The standard InChI is InChI=1S/C22H20Cl2N2O6S/c1-2-29-21(28)5-6-26-15-10-17-18(31-8-7-30-17)11-19(15)33-22(26)25-20(27)12-32-16-4-3-13(23)9-14(16)24/h3-4,9-11H,2,5-8,12H2,1H3. The van der Waals surface area contributed by atoms with Gasteiger partial charge < -0.3 is 23.5 Å². The predicted molar refractivity (Wildman–Crippen MR) is 125 cm³/mol. The molecular weight excluding hydrogens is 491 g/mol. The summed E-state index contributed by atoms with van der Waals surface area (Å²) >= 11 is 13.3. The lowest BCUT2D eigenvalue weighted by Crippen LogP contribution is -2.21. The number of fused-ring (bicyclic) bond motifs is 2. The number of hydrogen-bond donors (Lipinski definition) is 0. The lowest BCUT2D eigenvalue weighted by molar-refractivity contribution is -0.143. The van der Waals surface area contributed by atoms with Gasteiger partial charge in [0.25, 0.3) is 5.91 Å². The van der Waals surface area contributed by atoms with Crippen molar-refractivity contribution in [3.63, 3.8) is 0 Å². The first kappa shape index (κ1) is 23.4. The van der Waals surface area contributed by atoms with E-state index in [2.05, 4.69) is 4.99 Å². The van der Waals surface area contributed by atoms with E-state index in [1.54, 1.807) is 23.6 Å². The van der Waals surface area contributed by atoms with Crippen LogP contribution in [0.2, 0.25) is 10.0 Å². The summed E-state index contributed by atoms with van der Waals surface area (Å²) in [7, 11) is 0. The van der Waals surface area contributed by atoms with E-state index in [9.17, 15) is 9.59 Å². The van der Waals surface area contributed by atoms with Crippen LogP contribution in [0.25, 0.3) is 10.2 Å². The minimum atomic E-state index is -0.505. The molecule has 4 rings (SSSR count). The molecule has 0 aliphatic carbocycles. The van der Waals surface area contributed by atoms with Gasteiger partial charge in [-0.15, -0.1) is 0 Å². The monoisotopic (exact) mass is 510 g/mol. The van der Waals surface area contributed by atoms with E-state index >= 15 is 0 Å². The van der Waals surface area contributed by atoms with Crippen LogP contribution in [0.5, 0.6) is 17.2 Å². The number of aryl methyl sites for hydroxylation is 1. The van der Waals surface area contributed by atoms with E-state index in [4.69, 9.17) is 42.1 Å². The molecule has 174 valence electrons. The summed E-state index contributed by atoms with van der Waals surface area (Å²) in [6.45, 7) is 2.94. The molecule has 1 aliphatic rings. The van der Waals surface area contributed by atoms with E-state index in [1.807, 2.05) is 12.1 Å². The zero-order valence-corrected chi connectivity index (χ0v) is 20.0. The maximum absolute atomic E-state index is 12.6. The van der Waals surface area contributed by atoms with Gasteiger partial charge in [-0.1, -0.05) is 34.5 Å². The Labute approximate surface area is 203 Å². The van der Waals surface area contributed by atoms with E-state index in [0.29, 0.717) is 51.9 Å². The molecule has 1 aromatic heterocycles. The van der Waals surface area contributed by atoms with Crippen molar-refractivity contribution in [1.82, 2.24) is 4.57 Å². The Balaban J connectivity index is 1.63. The Morgan fingerprint density at radius 1 is 1.15 bits per heavy atom. The third kappa shape index (κ3) is 5.61. The molecule has 11 heteroatoms. The number of nitrogens with zero attached hydrogens (tertiary/aromatic N) is 2. The zero-order valence-electron chi connectivity index (χ0n) is 17.6.